The number of carbonyl (C=O) groups excluding carboxylic acids is 2. The van der Waals surface area contributed by atoms with Crippen LogP contribution < -0.4 is 0 Å². The van der Waals surface area contributed by atoms with Crippen molar-refractivity contribution in [3.05, 3.63) is 35.1 Å². The molecule has 0 radical (unpaired) electrons. The fourth-order valence-corrected chi connectivity index (χ4v) is 1.60. The van der Waals surface area contributed by atoms with Gasteiger partial charge in [0.05, 0.1) is 7.11 Å². The Morgan fingerprint density at radius 3 is 2.53 bits per heavy atom. The second-order valence-electron chi connectivity index (χ2n) is 3.81. The molecule has 0 aliphatic rings. The second-order valence-corrected chi connectivity index (χ2v) is 3.81. The lowest BCUT2D eigenvalue weighted by Crippen LogP contribution is -2.24. The van der Waals surface area contributed by atoms with E-state index in [2.05, 4.69) is 4.74 Å². The third-order valence-electron chi connectivity index (χ3n) is 2.65. The summed E-state index contributed by atoms with van der Waals surface area (Å²) < 4.78 is 17.6. The van der Waals surface area contributed by atoms with Gasteiger partial charge < -0.3 is 4.74 Å². The molecule has 0 bridgehead atoms. The molecule has 0 aromatic heterocycles. The average molecular weight is 238 g/mol. The minimum Gasteiger partial charge on any atom is -0.468 e. The first-order valence-electron chi connectivity index (χ1n) is 5.39. The molecule has 3 nitrogen and oxygen atoms in total. The molecule has 0 saturated heterocycles. The van der Waals surface area contributed by atoms with Crippen molar-refractivity contribution in [1.82, 2.24) is 0 Å². The Balaban J connectivity index is 3.02. The lowest BCUT2D eigenvalue weighted by Gasteiger charge is -2.11. The highest BCUT2D eigenvalue weighted by molar-refractivity contribution is 6.08. The van der Waals surface area contributed by atoms with Gasteiger partial charge in [-0.1, -0.05) is 6.92 Å². The zero-order valence-electron chi connectivity index (χ0n) is 10.1. The number of ether oxygens (including phenoxy) is 1. The monoisotopic (exact) mass is 238 g/mol. The summed E-state index contributed by atoms with van der Waals surface area (Å²) >= 11 is 0. The highest BCUT2D eigenvalue weighted by Gasteiger charge is 2.26. The van der Waals surface area contributed by atoms with Crippen LogP contribution >= 0.6 is 0 Å². The minimum atomic E-state index is -0.815. The van der Waals surface area contributed by atoms with E-state index in [0.717, 1.165) is 0 Å². The lowest BCUT2D eigenvalue weighted by molar-refractivity contribution is -0.143. The number of esters is 1. The van der Waals surface area contributed by atoms with Gasteiger partial charge in [-0.15, -0.1) is 0 Å². The summed E-state index contributed by atoms with van der Waals surface area (Å²) in [6.45, 7) is 3.31. The van der Waals surface area contributed by atoms with Crippen LogP contribution in [0.5, 0.6) is 0 Å². The van der Waals surface area contributed by atoms with Gasteiger partial charge in [-0.3, -0.25) is 9.59 Å². The molecule has 0 fully saturated rings. The zero-order valence-corrected chi connectivity index (χ0v) is 10.1. The van der Waals surface area contributed by atoms with Crippen LogP contribution in [0.2, 0.25) is 0 Å². The zero-order chi connectivity index (χ0) is 13.0. The number of rotatable bonds is 4. The van der Waals surface area contributed by atoms with Crippen LogP contribution in [-0.4, -0.2) is 18.9 Å². The number of benzene rings is 1. The Labute approximate surface area is 99.6 Å². The van der Waals surface area contributed by atoms with Gasteiger partial charge >= 0.3 is 5.97 Å². The standard InChI is InChI=1S/C13H15FO3/c1-4-10(13(16)17-3)12(15)9-5-6-11(14)8(2)7-9/h5-7,10H,4H2,1-3H3. The van der Waals surface area contributed by atoms with E-state index in [0.29, 0.717) is 17.5 Å². The van der Waals surface area contributed by atoms with Gasteiger partial charge in [-0.05, 0) is 37.1 Å². The fraction of sp³-hybridized carbons (Fsp3) is 0.385. The van der Waals surface area contributed by atoms with Crippen LogP contribution in [0.4, 0.5) is 4.39 Å². The number of carbonyl (C=O) groups is 2. The maximum atomic E-state index is 13.1. The van der Waals surface area contributed by atoms with Crippen molar-refractivity contribution in [2.24, 2.45) is 5.92 Å². The number of Topliss-reactive ketones (excluding diaryl/α,β-unsaturated/α-hetero) is 1. The van der Waals surface area contributed by atoms with Crippen LogP contribution in [0.3, 0.4) is 0 Å². The van der Waals surface area contributed by atoms with Gasteiger partial charge in [0.25, 0.3) is 0 Å². The molecule has 1 rings (SSSR count). The van der Waals surface area contributed by atoms with Gasteiger partial charge in [-0.25, -0.2) is 4.39 Å². The van der Waals surface area contributed by atoms with Gasteiger partial charge in [0.1, 0.15) is 11.7 Å². The van der Waals surface area contributed by atoms with Crippen LogP contribution in [0.1, 0.15) is 29.3 Å². The van der Waals surface area contributed by atoms with Crippen molar-refractivity contribution < 1.29 is 18.7 Å². The van der Waals surface area contributed by atoms with Crippen molar-refractivity contribution in [1.29, 1.82) is 0 Å². The van der Waals surface area contributed by atoms with Gasteiger partial charge in [0, 0.05) is 5.56 Å². The molecule has 0 heterocycles. The van der Waals surface area contributed by atoms with Crippen LogP contribution in [0.25, 0.3) is 0 Å². The first-order valence-corrected chi connectivity index (χ1v) is 5.39. The molecule has 0 aliphatic carbocycles. The summed E-state index contributed by atoms with van der Waals surface area (Å²) in [5.74, 6) is -2.07. The molecule has 0 N–H and O–H groups in total. The molecule has 1 aromatic carbocycles. The SMILES string of the molecule is CCC(C(=O)OC)C(=O)c1ccc(F)c(C)c1. The Morgan fingerprint density at radius 2 is 2.06 bits per heavy atom. The molecule has 17 heavy (non-hydrogen) atoms. The summed E-state index contributed by atoms with van der Waals surface area (Å²) in [6.07, 6.45) is 0.363. The van der Waals surface area contributed by atoms with Crippen molar-refractivity contribution >= 4 is 11.8 Å². The topological polar surface area (TPSA) is 43.4 Å². The average Bonchev–Trinajstić information content (AvgIpc) is 2.33. The van der Waals surface area contributed by atoms with Crippen LogP contribution in [-0.2, 0) is 9.53 Å². The minimum absolute atomic E-state index is 0.331. The van der Waals surface area contributed by atoms with Gasteiger partial charge in [0.2, 0.25) is 0 Å². The third-order valence-corrected chi connectivity index (χ3v) is 2.65. The second kappa shape index (κ2) is 5.57. The fourth-order valence-electron chi connectivity index (χ4n) is 1.60. The maximum Gasteiger partial charge on any atom is 0.316 e. The quantitative estimate of drug-likeness (QED) is 0.460. The molecule has 4 heteroatoms. The molecule has 0 spiro atoms. The largest absolute Gasteiger partial charge is 0.468 e. The number of halogens is 1. The highest BCUT2D eigenvalue weighted by Crippen LogP contribution is 2.16. The first kappa shape index (κ1) is 13.4. The Hall–Kier alpha value is -1.71. The van der Waals surface area contributed by atoms with E-state index < -0.39 is 11.9 Å². The molecular weight excluding hydrogens is 223 g/mol. The Morgan fingerprint density at radius 1 is 1.41 bits per heavy atom. The van der Waals surface area contributed by atoms with Crippen molar-refractivity contribution in [2.45, 2.75) is 20.3 Å². The summed E-state index contributed by atoms with van der Waals surface area (Å²) in [5.41, 5.74) is 0.719. The molecule has 0 aliphatic heterocycles. The van der Waals surface area contributed by atoms with E-state index in [-0.39, 0.29) is 11.6 Å². The van der Waals surface area contributed by atoms with Crippen LogP contribution in [0, 0.1) is 18.7 Å². The third kappa shape index (κ3) is 2.90. The number of ketones is 1. The molecule has 1 aromatic rings. The molecular formula is C13H15FO3. The predicted molar refractivity (Wildman–Crippen MR) is 61.3 cm³/mol. The Bertz CT molecular complexity index is 440. The smallest absolute Gasteiger partial charge is 0.316 e. The summed E-state index contributed by atoms with van der Waals surface area (Å²) in [7, 11) is 1.24. The number of methoxy groups -OCH3 is 1. The molecule has 1 unspecified atom stereocenters. The molecule has 1 atom stereocenters. The number of hydrogen-bond donors (Lipinski definition) is 0. The Kier molecular flexibility index (Phi) is 4.37. The summed E-state index contributed by atoms with van der Waals surface area (Å²) in [5, 5.41) is 0. The molecule has 0 saturated carbocycles. The van der Waals surface area contributed by atoms with Crippen LogP contribution in [0.15, 0.2) is 18.2 Å². The van der Waals surface area contributed by atoms with E-state index in [9.17, 15) is 14.0 Å². The van der Waals surface area contributed by atoms with E-state index in [1.807, 2.05) is 0 Å². The predicted octanol–water partition coefficient (Wildman–Crippen LogP) is 2.52. The summed E-state index contributed by atoms with van der Waals surface area (Å²) in [4.78, 5) is 23.4. The highest BCUT2D eigenvalue weighted by atomic mass is 19.1. The first-order chi connectivity index (χ1) is 8.01. The van der Waals surface area contributed by atoms with Gasteiger partial charge in [-0.2, -0.15) is 0 Å². The molecule has 0 amide bonds. The van der Waals surface area contributed by atoms with Crippen molar-refractivity contribution in [3.63, 3.8) is 0 Å². The molecule has 92 valence electrons. The number of aryl methyl sites for hydroxylation is 1. The van der Waals surface area contributed by atoms with Crippen molar-refractivity contribution in [3.8, 4) is 0 Å². The maximum absolute atomic E-state index is 13.1. The van der Waals surface area contributed by atoms with E-state index >= 15 is 0 Å². The summed E-state index contributed by atoms with van der Waals surface area (Å²) in [6, 6.07) is 4.06. The van der Waals surface area contributed by atoms with E-state index in [1.165, 1.54) is 25.3 Å². The van der Waals surface area contributed by atoms with E-state index in [4.69, 9.17) is 0 Å². The lowest BCUT2D eigenvalue weighted by atomic mass is 9.94. The normalized spacial score (nSPS) is 12.0. The number of hydrogen-bond acceptors (Lipinski definition) is 3. The van der Waals surface area contributed by atoms with E-state index in [1.54, 1.807) is 13.8 Å². The van der Waals surface area contributed by atoms with Crippen molar-refractivity contribution in [2.75, 3.05) is 7.11 Å². The van der Waals surface area contributed by atoms with Gasteiger partial charge in [0.15, 0.2) is 5.78 Å².